The largest absolute Gasteiger partial charge is 0.497 e. The minimum absolute atomic E-state index is 0.257. The molecular formula is C21H18O4S2. The second kappa shape index (κ2) is 8.79. The molecule has 0 aliphatic carbocycles. The zero-order valence-electron chi connectivity index (χ0n) is 14.9. The number of carbonyl (C=O) groups excluding carboxylic acids is 2. The Kier molecular flexibility index (Phi) is 6.21. The second-order valence-corrected chi connectivity index (χ2v) is 7.62. The third-order valence-corrected chi connectivity index (χ3v) is 5.59. The lowest BCUT2D eigenvalue weighted by Gasteiger charge is -2.14. The van der Waals surface area contributed by atoms with Crippen molar-refractivity contribution in [1.29, 1.82) is 0 Å². The quantitative estimate of drug-likeness (QED) is 0.313. The van der Waals surface area contributed by atoms with Gasteiger partial charge in [0.05, 0.1) is 12.7 Å². The van der Waals surface area contributed by atoms with Gasteiger partial charge >= 0.3 is 5.97 Å². The summed E-state index contributed by atoms with van der Waals surface area (Å²) < 4.78 is 10.6. The third-order valence-electron chi connectivity index (χ3n) is 3.86. The number of benzene rings is 1. The fourth-order valence-electron chi connectivity index (χ4n) is 2.45. The van der Waals surface area contributed by atoms with Crippen LogP contribution in [0.3, 0.4) is 0 Å². The van der Waals surface area contributed by atoms with Crippen molar-refractivity contribution in [3.63, 3.8) is 0 Å². The summed E-state index contributed by atoms with van der Waals surface area (Å²) in [5.74, 6) is -0.108. The maximum Gasteiger partial charge on any atom is 0.340 e. The first-order valence-electron chi connectivity index (χ1n) is 8.27. The average Bonchev–Trinajstić information content (AvgIpc) is 3.39. The Hall–Kier alpha value is -2.70. The Morgan fingerprint density at radius 3 is 2.30 bits per heavy atom. The lowest BCUT2D eigenvalue weighted by Crippen LogP contribution is -2.24. The minimum Gasteiger partial charge on any atom is -0.497 e. The molecule has 4 nitrogen and oxygen atoms in total. The van der Waals surface area contributed by atoms with Crippen LogP contribution in [0.25, 0.3) is 11.6 Å². The van der Waals surface area contributed by atoms with E-state index in [-0.39, 0.29) is 5.78 Å². The van der Waals surface area contributed by atoms with Crippen molar-refractivity contribution in [2.24, 2.45) is 0 Å². The number of rotatable bonds is 7. The number of hydrogen-bond acceptors (Lipinski definition) is 6. The predicted molar refractivity (Wildman–Crippen MR) is 109 cm³/mol. The molecule has 0 fully saturated rings. The van der Waals surface area contributed by atoms with Crippen LogP contribution >= 0.6 is 22.7 Å². The second-order valence-electron chi connectivity index (χ2n) is 5.69. The van der Waals surface area contributed by atoms with E-state index in [4.69, 9.17) is 9.47 Å². The molecule has 0 spiro atoms. The molecule has 0 aliphatic heterocycles. The minimum atomic E-state index is -0.891. The van der Waals surface area contributed by atoms with Crippen LogP contribution in [0.5, 0.6) is 5.75 Å². The standard InChI is InChI=1S/C21H18O4S2/c1-14(20(22)15-7-9-16(24-2)10-8-15)25-21(23)18(19-6-4-12-27-19)13-17-5-3-11-26-17/h3-14H,1-2H3/b18-13+/t14-/m1/s1. The Morgan fingerprint density at radius 1 is 1.00 bits per heavy atom. The van der Waals surface area contributed by atoms with E-state index in [1.54, 1.807) is 44.4 Å². The highest BCUT2D eigenvalue weighted by Gasteiger charge is 2.23. The van der Waals surface area contributed by atoms with Crippen molar-refractivity contribution in [3.8, 4) is 5.75 Å². The molecule has 6 heteroatoms. The van der Waals surface area contributed by atoms with Crippen LogP contribution < -0.4 is 4.74 Å². The van der Waals surface area contributed by atoms with E-state index >= 15 is 0 Å². The number of ether oxygens (including phenoxy) is 2. The fraction of sp³-hybridized carbons (Fsp3) is 0.143. The third kappa shape index (κ3) is 4.72. The Balaban J connectivity index is 1.77. The van der Waals surface area contributed by atoms with Gasteiger partial charge in [-0.2, -0.15) is 0 Å². The molecule has 27 heavy (non-hydrogen) atoms. The van der Waals surface area contributed by atoms with Gasteiger partial charge < -0.3 is 9.47 Å². The molecule has 138 valence electrons. The maximum absolute atomic E-state index is 12.8. The topological polar surface area (TPSA) is 52.6 Å². The van der Waals surface area contributed by atoms with Crippen LogP contribution in [-0.2, 0) is 9.53 Å². The highest BCUT2D eigenvalue weighted by atomic mass is 32.1. The van der Waals surface area contributed by atoms with Crippen LogP contribution in [0.15, 0.2) is 59.3 Å². The van der Waals surface area contributed by atoms with E-state index in [0.29, 0.717) is 16.9 Å². The summed E-state index contributed by atoms with van der Waals surface area (Å²) in [5, 5.41) is 3.84. The molecule has 1 atom stereocenters. The van der Waals surface area contributed by atoms with Gasteiger partial charge in [0.1, 0.15) is 5.75 Å². The Labute approximate surface area is 165 Å². The molecule has 0 unspecified atom stereocenters. The van der Waals surface area contributed by atoms with E-state index in [1.165, 1.54) is 22.7 Å². The van der Waals surface area contributed by atoms with Gasteiger partial charge in [-0.15, -0.1) is 22.7 Å². The highest BCUT2D eigenvalue weighted by Crippen LogP contribution is 2.26. The molecule has 0 bridgehead atoms. The molecule has 0 saturated carbocycles. The SMILES string of the molecule is COc1ccc(C(=O)[C@@H](C)OC(=O)/C(=C/c2cccs2)c2cccs2)cc1. The van der Waals surface area contributed by atoms with Crippen LogP contribution in [0, 0.1) is 0 Å². The highest BCUT2D eigenvalue weighted by molar-refractivity contribution is 7.12. The van der Waals surface area contributed by atoms with Gasteiger partial charge in [-0.3, -0.25) is 4.79 Å². The molecule has 1 aromatic carbocycles. The van der Waals surface area contributed by atoms with Crippen molar-refractivity contribution < 1.29 is 19.1 Å². The van der Waals surface area contributed by atoms with Crippen LogP contribution in [0.4, 0.5) is 0 Å². The first kappa shape index (κ1) is 19.1. The summed E-state index contributed by atoms with van der Waals surface area (Å²) in [6.07, 6.45) is 0.904. The van der Waals surface area contributed by atoms with E-state index in [1.807, 2.05) is 35.0 Å². The Morgan fingerprint density at radius 2 is 1.70 bits per heavy atom. The number of Topliss-reactive ketones (excluding diaryl/α,β-unsaturated/α-hetero) is 1. The first-order valence-corrected chi connectivity index (χ1v) is 10.0. The van der Waals surface area contributed by atoms with Gasteiger partial charge in [0.15, 0.2) is 6.10 Å². The number of carbonyl (C=O) groups is 2. The van der Waals surface area contributed by atoms with Gasteiger partial charge in [-0.25, -0.2) is 4.79 Å². The van der Waals surface area contributed by atoms with Gasteiger partial charge in [0, 0.05) is 15.3 Å². The molecule has 0 radical (unpaired) electrons. The molecule has 2 aromatic heterocycles. The zero-order chi connectivity index (χ0) is 19.2. The maximum atomic E-state index is 12.8. The monoisotopic (exact) mass is 398 g/mol. The molecule has 0 N–H and O–H groups in total. The summed E-state index contributed by atoms with van der Waals surface area (Å²) in [4.78, 5) is 27.1. The van der Waals surface area contributed by atoms with Gasteiger partial charge in [-0.05, 0) is 60.2 Å². The van der Waals surface area contributed by atoms with Crippen molar-refractivity contribution >= 4 is 46.1 Å². The normalized spacial score (nSPS) is 12.4. The summed E-state index contributed by atoms with van der Waals surface area (Å²) in [6.45, 7) is 1.58. The predicted octanol–water partition coefficient (Wildman–Crippen LogP) is 5.17. The number of ketones is 1. The summed E-state index contributed by atoms with van der Waals surface area (Å²) >= 11 is 2.99. The van der Waals surface area contributed by atoms with E-state index in [2.05, 4.69) is 0 Å². The van der Waals surface area contributed by atoms with Gasteiger partial charge in [-0.1, -0.05) is 12.1 Å². The Bertz CT molecular complexity index is 923. The summed E-state index contributed by atoms with van der Waals surface area (Å²) in [6, 6.07) is 14.3. The molecule has 3 aromatic rings. The lowest BCUT2D eigenvalue weighted by molar-refractivity contribution is -0.139. The number of hydrogen-bond donors (Lipinski definition) is 0. The van der Waals surface area contributed by atoms with E-state index in [9.17, 15) is 9.59 Å². The average molecular weight is 399 g/mol. The molecule has 0 saturated heterocycles. The first-order chi connectivity index (χ1) is 13.1. The molecular weight excluding hydrogens is 380 g/mol. The molecule has 0 aliphatic rings. The van der Waals surface area contributed by atoms with Crippen LogP contribution in [-0.4, -0.2) is 25.0 Å². The van der Waals surface area contributed by atoms with Crippen molar-refractivity contribution in [3.05, 3.63) is 74.6 Å². The van der Waals surface area contributed by atoms with Crippen molar-refractivity contribution in [2.75, 3.05) is 7.11 Å². The molecule has 0 amide bonds. The van der Waals surface area contributed by atoms with Gasteiger partial charge in [0.2, 0.25) is 5.78 Å². The number of thiophene rings is 2. The lowest BCUT2D eigenvalue weighted by atomic mass is 10.1. The number of methoxy groups -OCH3 is 1. The van der Waals surface area contributed by atoms with Crippen LogP contribution in [0.2, 0.25) is 0 Å². The van der Waals surface area contributed by atoms with Crippen molar-refractivity contribution in [1.82, 2.24) is 0 Å². The summed E-state index contributed by atoms with van der Waals surface area (Å²) in [5.41, 5.74) is 0.915. The summed E-state index contributed by atoms with van der Waals surface area (Å²) in [7, 11) is 1.56. The zero-order valence-corrected chi connectivity index (χ0v) is 16.5. The van der Waals surface area contributed by atoms with E-state index < -0.39 is 12.1 Å². The molecule has 3 rings (SSSR count). The van der Waals surface area contributed by atoms with E-state index in [0.717, 1.165) is 9.75 Å². The van der Waals surface area contributed by atoms with Crippen LogP contribution in [0.1, 0.15) is 27.0 Å². The smallest absolute Gasteiger partial charge is 0.340 e. The van der Waals surface area contributed by atoms with Gasteiger partial charge in [0.25, 0.3) is 0 Å². The molecule has 2 heterocycles. The van der Waals surface area contributed by atoms with Crippen molar-refractivity contribution in [2.45, 2.75) is 13.0 Å². The number of esters is 1. The fourth-order valence-corrected chi connectivity index (χ4v) is 3.83.